The molecule has 0 saturated carbocycles. The standard InChI is InChI=1S/C23H18ClN3/c1-15-8-13-20(16(2)25-15)17-9-11-18(12-10-17)21-14-22(24)27-23(26-21)19-6-4-3-5-7-19/h3-14H,1-2H3. The molecular formula is C23H18ClN3. The number of pyridine rings is 1. The van der Waals surface area contributed by atoms with Crippen molar-refractivity contribution in [3.8, 4) is 33.8 Å². The van der Waals surface area contributed by atoms with Crippen molar-refractivity contribution in [3.63, 3.8) is 0 Å². The first-order valence-corrected chi connectivity index (χ1v) is 9.13. The quantitative estimate of drug-likeness (QED) is 0.406. The molecule has 4 heteroatoms. The molecule has 0 unspecified atom stereocenters. The Bertz CT molecular complexity index is 1090. The van der Waals surface area contributed by atoms with Crippen molar-refractivity contribution in [3.05, 3.63) is 89.3 Å². The molecule has 0 N–H and O–H groups in total. The summed E-state index contributed by atoms with van der Waals surface area (Å²) in [7, 11) is 0. The SMILES string of the molecule is Cc1ccc(-c2ccc(-c3cc(Cl)nc(-c4ccccc4)n3)cc2)c(C)n1. The summed E-state index contributed by atoms with van der Waals surface area (Å²) in [5, 5.41) is 0.432. The Balaban J connectivity index is 1.71. The highest BCUT2D eigenvalue weighted by Gasteiger charge is 2.09. The summed E-state index contributed by atoms with van der Waals surface area (Å²) < 4.78 is 0. The van der Waals surface area contributed by atoms with Gasteiger partial charge >= 0.3 is 0 Å². The van der Waals surface area contributed by atoms with Gasteiger partial charge in [-0.05, 0) is 25.5 Å². The number of benzene rings is 2. The van der Waals surface area contributed by atoms with E-state index in [9.17, 15) is 0 Å². The number of aromatic nitrogens is 3. The molecule has 0 saturated heterocycles. The molecule has 4 rings (SSSR count). The third-order valence-corrected chi connectivity index (χ3v) is 4.64. The molecule has 3 nitrogen and oxygen atoms in total. The molecule has 0 aliphatic heterocycles. The monoisotopic (exact) mass is 371 g/mol. The van der Waals surface area contributed by atoms with Crippen molar-refractivity contribution in [1.29, 1.82) is 0 Å². The highest BCUT2D eigenvalue weighted by Crippen LogP contribution is 2.28. The van der Waals surface area contributed by atoms with Gasteiger partial charge in [-0.1, -0.05) is 72.3 Å². The zero-order valence-electron chi connectivity index (χ0n) is 15.1. The van der Waals surface area contributed by atoms with Gasteiger partial charge in [0.05, 0.1) is 5.69 Å². The molecule has 2 aromatic heterocycles. The Morgan fingerprint density at radius 3 is 2.07 bits per heavy atom. The fourth-order valence-corrected chi connectivity index (χ4v) is 3.28. The first-order chi connectivity index (χ1) is 13.1. The zero-order chi connectivity index (χ0) is 18.8. The smallest absolute Gasteiger partial charge is 0.161 e. The second-order valence-electron chi connectivity index (χ2n) is 6.43. The van der Waals surface area contributed by atoms with Crippen LogP contribution in [0.25, 0.3) is 33.8 Å². The Morgan fingerprint density at radius 2 is 1.37 bits per heavy atom. The van der Waals surface area contributed by atoms with Crippen molar-refractivity contribution in [2.24, 2.45) is 0 Å². The summed E-state index contributed by atoms with van der Waals surface area (Å²) >= 11 is 6.25. The lowest BCUT2D eigenvalue weighted by molar-refractivity contribution is 1.13. The topological polar surface area (TPSA) is 38.7 Å². The number of aryl methyl sites for hydroxylation is 2. The van der Waals surface area contributed by atoms with Crippen LogP contribution in [0.2, 0.25) is 5.15 Å². The van der Waals surface area contributed by atoms with Gasteiger partial charge in [0.15, 0.2) is 5.82 Å². The molecule has 27 heavy (non-hydrogen) atoms. The highest BCUT2D eigenvalue weighted by atomic mass is 35.5. The maximum atomic E-state index is 6.25. The van der Waals surface area contributed by atoms with Crippen LogP contribution in [0.15, 0.2) is 72.8 Å². The molecule has 0 fully saturated rings. The molecule has 0 radical (unpaired) electrons. The van der Waals surface area contributed by atoms with Crippen molar-refractivity contribution in [2.75, 3.05) is 0 Å². The van der Waals surface area contributed by atoms with Crippen molar-refractivity contribution in [2.45, 2.75) is 13.8 Å². The summed E-state index contributed by atoms with van der Waals surface area (Å²) in [5.74, 6) is 0.626. The van der Waals surface area contributed by atoms with Crippen LogP contribution in [0, 0.1) is 13.8 Å². The summed E-state index contributed by atoms with van der Waals surface area (Å²) in [6.07, 6.45) is 0. The predicted octanol–water partition coefficient (Wildman–Crippen LogP) is 6.14. The lowest BCUT2D eigenvalue weighted by Gasteiger charge is -2.09. The first-order valence-electron chi connectivity index (χ1n) is 8.75. The van der Waals surface area contributed by atoms with E-state index in [0.717, 1.165) is 39.3 Å². The minimum Gasteiger partial charge on any atom is -0.258 e. The van der Waals surface area contributed by atoms with Gasteiger partial charge in [-0.15, -0.1) is 0 Å². The maximum Gasteiger partial charge on any atom is 0.161 e. The number of rotatable bonds is 3. The normalized spacial score (nSPS) is 10.8. The summed E-state index contributed by atoms with van der Waals surface area (Å²) in [6, 6.07) is 24.1. The van der Waals surface area contributed by atoms with Crippen LogP contribution in [-0.4, -0.2) is 15.0 Å². The number of hydrogen-bond acceptors (Lipinski definition) is 3. The Kier molecular flexibility index (Phi) is 4.69. The van der Waals surface area contributed by atoms with Crippen molar-refractivity contribution >= 4 is 11.6 Å². The molecule has 0 bridgehead atoms. The van der Waals surface area contributed by atoms with Gasteiger partial charge in [0, 0.05) is 34.1 Å². The van der Waals surface area contributed by atoms with Gasteiger partial charge in [-0.2, -0.15) is 0 Å². The summed E-state index contributed by atoms with van der Waals surface area (Å²) in [5.41, 5.74) is 7.07. The minimum absolute atomic E-state index is 0.432. The van der Waals surface area contributed by atoms with Crippen molar-refractivity contribution < 1.29 is 0 Å². The molecule has 2 aromatic carbocycles. The number of nitrogens with zero attached hydrogens (tertiary/aromatic N) is 3. The van der Waals surface area contributed by atoms with E-state index in [2.05, 4.69) is 40.3 Å². The summed E-state index contributed by atoms with van der Waals surface area (Å²) in [4.78, 5) is 13.6. The third-order valence-electron chi connectivity index (χ3n) is 4.44. The van der Waals surface area contributed by atoms with Crippen LogP contribution in [0.5, 0.6) is 0 Å². The van der Waals surface area contributed by atoms with E-state index < -0.39 is 0 Å². The Morgan fingerprint density at radius 1 is 0.667 bits per heavy atom. The van der Waals surface area contributed by atoms with Crippen LogP contribution in [0.3, 0.4) is 0 Å². The van der Waals surface area contributed by atoms with Gasteiger partial charge in [0.1, 0.15) is 5.15 Å². The molecule has 0 aliphatic carbocycles. The second kappa shape index (κ2) is 7.29. The van der Waals surface area contributed by atoms with E-state index in [4.69, 9.17) is 16.6 Å². The van der Waals surface area contributed by atoms with E-state index in [1.807, 2.05) is 50.2 Å². The maximum absolute atomic E-state index is 6.25. The van der Waals surface area contributed by atoms with Gasteiger partial charge in [0.2, 0.25) is 0 Å². The van der Waals surface area contributed by atoms with Crippen LogP contribution in [0.1, 0.15) is 11.4 Å². The van der Waals surface area contributed by atoms with Crippen LogP contribution in [-0.2, 0) is 0 Å². The zero-order valence-corrected chi connectivity index (χ0v) is 15.9. The average Bonchev–Trinajstić information content (AvgIpc) is 2.68. The molecule has 0 aliphatic rings. The van der Waals surface area contributed by atoms with Crippen LogP contribution < -0.4 is 0 Å². The first kappa shape index (κ1) is 17.4. The van der Waals surface area contributed by atoms with Gasteiger partial charge < -0.3 is 0 Å². The Labute approximate surface area is 163 Å². The van der Waals surface area contributed by atoms with Gasteiger partial charge in [-0.3, -0.25) is 4.98 Å². The van der Waals surface area contributed by atoms with E-state index in [1.54, 1.807) is 6.07 Å². The second-order valence-corrected chi connectivity index (χ2v) is 6.82. The fourth-order valence-electron chi connectivity index (χ4n) is 3.09. The van der Waals surface area contributed by atoms with Crippen LogP contribution in [0.4, 0.5) is 0 Å². The number of halogens is 1. The van der Waals surface area contributed by atoms with Crippen molar-refractivity contribution in [1.82, 2.24) is 15.0 Å². The molecule has 0 spiro atoms. The minimum atomic E-state index is 0.432. The van der Waals surface area contributed by atoms with Crippen LogP contribution >= 0.6 is 11.6 Å². The van der Waals surface area contributed by atoms with Gasteiger partial charge in [0.25, 0.3) is 0 Å². The molecule has 4 aromatic rings. The third kappa shape index (κ3) is 3.74. The molecule has 0 amide bonds. The fraction of sp³-hybridized carbons (Fsp3) is 0.0870. The highest BCUT2D eigenvalue weighted by molar-refractivity contribution is 6.29. The predicted molar refractivity (Wildman–Crippen MR) is 111 cm³/mol. The van der Waals surface area contributed by atoms with Gasteiger partial charge in [-0.25, -0.2) is 9.97 Å². The molecule has 0 atom stereocenters. The average molecular weight is 372 g/mol. The van der Waals surface area contributed by atoms with E-state index >= 15 is 0 Å². The summed E-state index contributed by atoms with van der Waals surface area (Å²) in [6.45, 7) is 4.04. The molecule has 2 heterocycles. The van der Waals surface area contributed by atoms with E-state index in [-0.39, 0.29) is 0 Å². The lowest BCUT2D eigenvalue weighted by Crippen LogP contribution is -1.93. The number of hydrogen-bond donors (Lipinski definition) is 0. The van der Waals surface area contributed by atoms with E-state index in [0.29, 0.717) is 11.0 Å². The van der Waals surface area contributed by atoms with E-state index in [1.165, 1.54) is 0 Å². The lowest BCUT2D eigenvalue weighted by atomic mass is 10.0. The largest absolute Gasteiger partial charge is 0.258 e. The molecular weight excluding hydrogens is 354 g/mol. The Hall–Kier alpha value is -3.04. The molecule has 132 valence electrons.